The van der Waals surface area contributed by atoms with Crippen LogP contribution in [0.15, 0.2) is 52.5 Å². The highest BCUT2D eigenvalue weighted by molar-refractivity contribution is 7.15. The first kappa shape index (κ1) is 23.7. The fourth-order valence-corrected chi connectivity index (χ4v) is 3.74. The van der Waals surface area contributed by atoms with Crippen molar-refractivity contribution in [1.29, 1.82) is 0 Å². The molecule has 0 spiro atoms. The summed E-state index contributed by atoms with van der Waals surface area (Å²) in [6.45, 7) is 2.75. The van der Waals surface area contributed by atoms with Crippen LogP contribution in [0.3, 0.4) is 0 Å². The van der Waals surface area contributed by atoms with Crippen molar-refractivity contribution in [2.24, 2.45) is 0 Å². The average Bonchev–Trinajstić information content (AvgIpc) is 3.46. The molecule has 0 radical (unpaired) electrons. The highest BCUT2D eigenvalue weighted by atomic mass is 32.1. The highest BCUT2D eigenvalue weighted by Crippen LogP contribution is 2.36. The van der Waals surface area contributed by atoms with Crippen LogP contribution in [-0.2, 0) is 19.1 Å². The van der Waals surface area contributed by atoms with Gasteiger partial charge in [-0.2, -0.15) is 0 Å². The van der Waals surface area contributed by atoms with E-state index < -0.39 is 36.9 Å². The summed E-state index contributed by atoms with van der Waals surface area (Å²) < 4.78 is 15.4. The first-order valence-corrected chi connectivity index (χ1v) is 10.9. The topological polar surface area (TPSA) is 124 Å². The van der Waals surface area contributed by atoms with Crippen LogP contribution in [0, 0.1) is 6.92 Å². The number of thiophene rings is 1. The van der Waals surface area contributed by atoms with E-state index in [4.69, 9.17) is 13.9 Å². The Labute approximate surface area is 193 Å². The summed E-state index contributed by atoms with van der Waals surface area (Å²) >= 11 is 1.11. The summed E-state index contributed by atoms with van der Waals surface area (Å²) in [4.78, 5) is 48.7. The van der Waals surface area contributed by atoms with Gasteiger partial charge in [0.05, 0.1) is 12.9 Å². The van der Waals surface area contributed by atoms with Crippen molar-refractivity contribution in [3.05, 3.63) is 64.7 Å². The number of carbonyl (C=O) groups is 4. The van der Waals surface area contributed by atoms with Crippen LogP contribution in [-0.4, -0.2) is 43.5 Å². The predicted molar refractivity (Wildman–Crippen MR) is 121 cm³/mol. The molecule has 0 saturated heterocycles. The Morgan fingerprint density at radius 2 is 1.82 bits per heavy atom. The third kappa shape index (κ3) is 6.30. The van der Waals surface area contributed by atoms with E-state index in [1.807, 2.05) is 6.92 Å². The summed E-state index contributed by atoms with van der Waals surface area (Å²) in [5.41, 5.74) is 2.05. The van der Waals surface area contributed by atoms with Crippen LogP contribution < -0.4 is 10.6 Å². The highest BCUT2D eigenvalue weighted by Gasteiger charge is 2.24. The normalized spacial score (nSPS) is 10.4. The van der Waals surface area contributed by atoms with E-state index in [0.717, 1.165) is 16.9 Å². The molecule has 0 bridgehead atoms. The summed E-state index contributed by atoms with van der Waals surface area (Å²) in [6, 6.07) is 10.2. The molecule has 0 saturated carbocycles. The lowest BCUT2D eigenvalue weighted by atomic mass is 10.1. The van der Waals surface area contributed by atoms with Gasteiger partial charge in [0.15, 0.2) is 6.61 Å². The number of amides is 2. The van der Waals surface area contributed by atoms with Crippen LogP contribution in [0.4, 0.5) is 5.00 Å². The second-order valence-corrected chi connectivity index (χ2v) is 7.69. The monoisotopic (exact) mass is 470 g/mol. The molecule has 9 nitrogen and oxygen atoms in total. The van der Waals surface area contributed by atoms with Crippen molar-refractivity contribution in [2.45, 2.75) is 13.8 Å². The van der Waals surface area contributed by atoms with Crippen LogP contribution >= 0.6 is 11.3 Å². The maximum absolute atomic E-state index is 12.4. The van der Waals surface area contributed by atoms with Crippen molar-refractivity contribution < 1.29 is 33.1 Å². The Morgan fingerprint density at radius 3 is 2.48 bits per heavy atom. The summed E-state index contributed by atoms with van der Waals surface area (Å²) in [7, 11) is 0. The van der Waals surface area contributed by atoms with Gasteiger partial charge in [-0.1, -0.05) is 17.7 Å². The minimum absolute atomic E-state index is 0.154. The van der Waals surface area contributed by atoms with Gasteiger partial charge in [-0.05, 0) is 38.1 Å². The van der Waals surface area contributed by atoms with Gasteiger partial charge < -0.3 is 24.5 Å². The van der Waals surface area contributed by atoms with E-state index in [1.54, 1.807) is 48.7 Å². The average molecular weight is 471 g/mol. The minimum atomic E-state index is -0.779. The summed E-state index contributed by atoms with van der Waals surface area (Å²) in [5.74, 6) is -2.02. The molecule has 33 heavy (non-hydrogen) atoms. The number of aryl methyl sites for hydroxylation is 1. The van der Waals surface area contributed by atoms with Crippen LogP contribution in [0.5, 0.6) is 0 Å². The molecule has 1 aromatic carbocycles. The second kappa shape index (κ2) is 11.1. The molecule has 0 fully saturated rings. The maximum Gasteiger partial charge on any atom is 0.341 e. The van der Waals surface area contributed by atoms with E-state index in [0.29, 0.717) is 16.9 Å². The lowest BCUT2D eigenvalue weighted by molar-refractivity contribution is -0.146. The zero-order valence-corrected chi connectivity index (χ0v) is 18.8. The number of ether oxygens (including phenoxy) is 2. The van der Waals surface area contributed by atoms with Crippen LogP contribution in [0.2, 0.25) is 0 Å². The third-order valence-electron chi connectivity index (χ3n) is 4.38. The smallest absolute Gasteiger partial charge is 0.341 e. The van der Waals surface area contributed by atoms with E-state index in [1.165, 1.54) is 6.26 Å². The van der Waals surface area contributed by atoms with Gasteiger partial charge >= 0.3 is 11.9 Å². The molecule has 2 amide bonds. The van der Waals surface area contributed by atoms with Crippen molar-refractivity contribution in [3.8, 4) is 11.3 Å². The first-order valence-electron chi connectivity index (χ1n) is 10.0. The standard InChI is InChI=1S/C23H22N2O7S/c1-3-30-23(29)20-16(17-5-4-10-31-17)13-33-22(20)25-18(26)12-32-19(27)11-24-21(28)15-8-6-14(2)7-9-15/h4-10,13H,3,11-12H2,1-2H3,(H,24,28)(H,25,26). The van der Waals surface area contributed by atoms with Crippen LogP contribution in [0.1, 0.15) is 33.2 Å². The molecule has 2 aromatic heterocycles. The Morgan fingerprint density at radius 1 is 1.06 bits per heavy atom. The van der Waals surface area contributed by atoms with Crippen molar-refractivity contribution >= 4 is 40.1 Å². The first-order chi connectivity index (χ1) is 15.9. The number of furan rings is 1. The van der Waals surface area contributed by atoms with Gasteiger partial charge in [0.1, 0.15) is 22.9 Å². The number of rotatable bonds is 9. The van der Waals surface area contributed by atoms with Crippen molar-refractivity contribution in [3.63, 3.8) is 0 Å². The van der Waals surface area contributed by atoms with Gasteiger partial charge in [0.2, 0.25) is 0 Å². The van der Waals surface area contributed by atoms with Gasteiger partial charge in [-0.3, -0.25) is 14.4 Å². The lowest BCUT2D eigenvalue weighted by Gasteiger charge is -2.09. The maximum atomic E-state index is 12.4. The summed E-state index contributed by atoms with van der Waals surface area (Å²) in [5, 5.41) is 6.89. The molecular weight excluding hydrogens is 448 g/mol. The number of benzene rings is 1. The lowest BCUT2D eigenvalue weighted by Crippen LogP contribution is -2.32. The number of hydrogen-bond donors (Lipinski definition) is 2. The van der Waals surface area contributed by atoms with Gasteiger partial charge in [0.25, 0.3) is 11.8 Å². The Kier molecular flexibility index (Phi) is 7.98. The molecular formula is C23H22N2O7S. The van der Waals surface area contributed by atoms with E-state index in [-0.39, 0.29) is 17.2 Å². The molecule has 0 aliphatic rings. The molecule has 2 heterocycles. The SMILES string of the molecule is CCOC(=O)c1c(-c2ccco2)csc1NC(=O)COC(=O)CNC(=O)c1ccc(C)cc1. The third-order valence-corrected chi connectivity index (χ3v) is 5.28. The fraction of sp³-hybridized carbons (Fsp3) is 0.217. The van der Waals surface area contributed by atoms with Gasteiger partial charge in [-0.15, -0.1) is 11.3 Å². The quantitative estimate of drug-likeness (QED) is 0.459. The van der Waals surface area contributed by atoms with Crippen LogP contribution in [0.25, 0.3) is 11.3 Å². The number of hydrogen-bond acceptors (Lipinski definition) is 8. The van der Waals surface area contributed by atoms with Crippen molar-refractivity contribution in [2.75, 3.05) is 25.1 Å². The van der Waals surface area contributed by atoms with E-state index in [2.05, 4.69) is 10.6 Å². The molecule has 2 N–H and O–H groups in total. The van der Waals surface area contributed by atoms with Gasteiger partial charge in [0, 0.05) is 16.5 Å². The molecule has 0 unspecified atom stereocenters. The molecule has 3 aromatic rings. The molecule has 0 aliphatic carbocycles. The Balaban J connectivity index is 1.55. The number of nitrogens with one attached hydrogen (secondary N) is 2. The summed E-state index contributed by atoms with van der Waals surface area (Å²) in [6.07, 6.45) is 1.47. The zero-order valence-electron chi connectivity index (χ0n) is 18.0. The molecule has 10 heteroatoms. The van der Waals surface area contributed by atoms with E-state index >= 15 is 0 Å². The minimum Gasteiger partial charge on any atom is -0.464 e. The largest absolute Gasteiger partial charge is 0.464 e. The molecule has 3 rings (SSSR count). The Hall–Kier alpha value is -3.92. The predicted octanol–water partition coefficient (Wildman–Crippen LogP) is 3.40. The molecule has 0 aliphatic heterocycles. The Bertz CT molecular complexity index is 1130. The number of carbonyl (C=O) groups excluding carboxylic acids is 4. The molecule has 172 valence electrons. The van der Waals surface area contributed by atoms with E-state index in [9.17, 15) is 19.2 Å². The zero-order chi connectivity index (χ0) is 23.8. The van der Waals surface area contributed by atoms with Crippen molar-refractivity contribution in [1.82, 2.24) is 5.32 Å². The second-order valence-electron chi connectivity index (χ2n) is 6.81. The van der Waals surface area contributed by atoms with Gasteiger partial charge in [-0.25, -0.2) is 4.79 Å². The number of anilines is 1. The fourth-order valence-electron chi connectivity index (χ4n) is 2.79. The number of esters is 2. The molecule has 0 atom stereocenters.